The van der Waals surface area contributed by atoms with E-state index < -0.39 is 0 Å². The Morgan fingerprint density at radius 1 is 1.00 bits per heavy atom. The van der Waals surface area contributed by atoms with E-state index in [1.165, 1.54) is 11.3 Å². The first kappa shape index (κ1) is 24.3. The third-order valence-corrected chi connectivity index (χ3v) is 7.46. The molecule has 7 heteroatoms. The first-order valence-corrected chi connectivity index (χ1v) is 12.9. The molecule has 188 valence electrons. The molecule has 1 atom stereocenters. The van der Waals surface area contributed by atoms with Gasteiger partial charge in [0.25, 0.3) is 11.8 Å². The Bertz CT molecular complexity index is 1240. The van der Waals surface area contributed by atoms with Gasteiger partial charge in [0.1, 0.15) is 0 Å². The van der Waals surface area contributed by atoms with Crippen LogP contribution in [0.25, 0.3) is 0 Å². The predicted octanol–water partition coefficient (Wildman–Crippen LogP) is 4.01. The summed E-state index contributed by atoms with van der Waals surface area (Å²) in [6.07, 6.45) is 3.03. The van der Waals surface area contributed by atoms with Gasteiger partial charge < -0.3 is 10.2 Å². The van der Waals surface area contributed by atoms with E-state index in [0.29, 0.717) is 17.8 Å². The summed E-state index contributed by atoms with van der Waals surface area (Å²) < 4.78 is 1.89. The van der Waals surface area contributed by atoms with Crippen LogP contribution in [0.2, 0.25) is 0 Å². The van der Waals surface area contributed by atoms with E-state index in [0.717, 1.165) is 62.1 Å². The Morgan fingerprint density at radius 3 is 2.39 bits per heavy atom. The fourth-order valence-electron chi connectivity index (χ4n) is 5.26. The van der Waals surface area contributed by atoms with Crippen LogP contribution in [-0.4, -0.2) is 51.0 Å². The van der Waals surface area contributed by atoms with Gasteiger partial charge in [-0.25, -0.2) is 0 Å². The van der Waals surface area contributed by atoms with Gasteiger partial charge in [-0.05, 0) is 49.9 Å². The number of carbonyl (C=O) groups is 2. The van der Waals surface area contributed by atoms with E-state index in [9.17, 15) is 9.59 Å². The number of hydrogen-bond acceptors (Lipinski definition) is 4. The highest BCUT2D eigenvalue weighted by Crippen LogP contribution is 2.25. The van der Waals surface area contributed by atoms with Gasteiger partial charge >= 0.3 is 0 Å². The van der Waals surface area contributed by atoms with Gasteiger partial charge in [-0.15, -0.1) is 0 Å². The van der Waals surface area contributed by atoms with Crippen LogP contribution in [0, 0.1) is 6.92 Å². The zero-order valence-electron chi connectivity index (χ0n) is 21.5. The fraction of sp³-hybridized carbons (Fsp3) is 0.414. The number of aromatic nitrogens is 2. The third kappa shape index (κ3) is 5.07. The summed E-state index contributed by atoms with van der Waals surface area (Å²) in [6, 6.07) is 16.0. The van der Waals surface area contributed by atoms with Crippen molar-refractivity contribution in [2.75, 3.05) is 19.6 Å². The van der Waals surface area contributed by atoms with E-state index in [1.807, 2.05) is 47.8 Å². The molecular formula is C29H35N5O2. The average molecular weight is 486 g/mol. The monoisotopic (exact) mass is 485 g/mol. The lowest BCUT2D eigenvalue weighted by Crippen LogP contribution is -2.33. The number of fused-ring (bicyclic) bond motifs is 1. The fourth-order valence-corrected chi connectivity index (χ4v) is 5.26. The maximum atomic E-state index is 13.1. The van der Waals surface area contributed by atoms with Crippen LogP contribution in [-0.2, 0) is 26.6 Å². The molecule has 2 aliphatic heterocycles. The topological polar surface area (TPSA) is 70.5 Å². The minimum atomic E-state index is -0.0716. The molecule has 0 bridgehead atoms. The number of benzene rings is 2. The van der Waals surface area contributed by atoms with Crippen LogP contribution in [0.1, 0.15) is 74.6 Å². The van der Waals surface area contributed by atoms with Crippen molar-refractivity contribution in [3.05, 3.63) is 87.7 Å². The molecule has 0 radical (unpaired) electrons. The molecule has 0 unspecified atom stereocenters. The number of likely N-dealkylation sites (tertiary alicyclic amines) is 1. The summed E-state index contributed by atoms with van der Waals surface area (Å²) >= 11 is 0. The molecular weight excluding hydrogens is 450 g/mol. The lowest BCUT2D eigenvalue weighted by Gasteiger charge is -2.28. The highest BCUT2D eigenvalue weighted by Gasteiger charge is 2.30. The molecule has 1 fully saturated rings. The lowest BCUT2D eigenvalue weighted by molar-refractivity contribution is 0.0783. The highest BCUT2D eigenvalue weighted by atomic mass is 16.2. The molecule has 2 aliphatic rings. The molecule has 0 saturated carbocycles. The zero-order valence-corrected chi connectivity index (χ0v) is 21.5. The summed E-state index contributed by atoms with van der Waals surface area (Å²) in [5.74, 6) is -0.000836. The maximum absolute atomic E-state index is 13.1. The van der Waals surface area contributed by atoms with Crippen molar-refractivity contribution in [3.63, 3.8) is 0 Å². The minimum Gasteiger partial charge on any atom is -0.346 e. The van der Waals surface area contributed by atoms with Crippen LogP contribution < -0.4 is 5.32 Å². The highest BCUT2D eigenvalue weighted by molar-refractivity contribution is 5.95. The Labute approximate surface area is 213 Å². The first-order chi connectivity index (χ1) is 17.4. The molecule has 2 amide bonds. The Morgan fingerprint density at radius 2 is 1.69 bits per heavy atom. The second kappa shape index (κ2) is 10.3. The molecule has 5 rings (SSSR count). The molecule has 0 aliphatic carbocycles. The Kier molecular flexibility index (Phi) is 6.92. The van der Waals surface area contributed by atoms with Crippen LogP contribution in [0.4, 0.5) is 0 Å². The van der Waals surface area contributed by atoms with Crippen molar-refractivity contribution in [2.45, 2.75) is 52.2 Å². The lowest BCUT2D eigenvalue weighted by atomic mass is 10.0. The standard InChI is InChI=1S/C29H35N5O2/c1-20-6-10-23(11-7-20)21(2)30-28(35)24-12-8-22(9-13-24)18-33-17-14-26-25(19-33)27(31-32(26)3)29(36)34-15-4-5-16-34/h6-13,21H,4-5,14-19H2,1-3H3,(H,30,35)/t21-/m0/s1. The average Bonchev–Trinajstić information content (AvgIpc) is 3.53. The SMILES string of the molecule is Cc1ccc([C@H](C)NC(=O)c2ccc(CN3CCc4c(c(C(=O)N5CCCC5)nn4C)C3)cc2)cc1. The summed E-state index contributed by atoms with van der Waals surface area (Å²) in [5, 5.41) is 7.70. The maximum Gasteiger partial charge on any atom is 0.274 e. The number of nitrogens with zero attached hydrogens (tertiary/aromatic N) is 4. The number of rotatable bonds is 6. The number of nitrogens with one attached hydrogen (secondary N) is 1. The molecule has 2 aromatic carbocycles. The number of carbonyl (C=O) groups excluding carboxylic acids is 2. The molecule has 1 N–H and O–H groups in total. The number of aryl methyl sites for hydroxylation is 2. The zero-order chi connectivity index (χ0) is 25.2. The van der Waals surface area contributed by atoms with Crippen LogP contribution in [0.3, 0.4) is 0 Å². The summed E-state index contributed by atoms with van der Waals surface area (Å²) in [4.78, 5) is 30.1. The quantitative estimate of drug-likeness (QED) is 0.573. The van der Waals surface area contributed by atoms with Crippen LogP contribution >= 0.6 is 0 Å². The number of hydrogen-bond donors (Lipinski definition) is 1. The van der Waals surface area contributed by atoms with Crippen molar-refractivity contribution < 1.29 is 9.59 Å². The van der Waals surface area contributed by atoms with Crippen molar-refractivity contribution in [2.24, 2.45) is 7.05 Å². The van der Waals surface area contributed by atoms with Gasteiger partial charge in [-0.2, -0.15) is 5.10 Å². The predicted molar refractivity (Wildman–Crippen MR) is 140 cm³/mol. The third-order valence-electron chi connectivity index (χ3n) is 7.46. The van der Waals surface area contributed by atoms with Crippen molar-refractivity contribution >= 4 is 11.8 Å². The van der Waals surface area contributed by atoms with Crippen LogP contribution in [0.5, 0.6) is 0 Å². The van der Waals surface area contributed by atoms with E-state index in [2.05, 4.69) is 46.5 Å². The van der Waals surface area contributed by atoms with Gasteiger partial charge in [0.05, 0.1) is 6.04 Å². The van der Waals surface area contributed by atoms with Gasteiger partial charge in [0.15, 0.2) is 5.69 Å². The molecule has 36 heavy (non-hydrogen) atoms. The second-order valence-electron chi connectivity index (χ2n) is 10.2. The molecule has 1 saturated heterocycles. The normalized spacial score (nSPS) is 16.6. The van der Waals surface area contributed by atoms with E-state index in [1.54, 1.807) is 0 Å². The van der Waals surface area contributed by atoms with Gasteiger partial charge in [0, 0.05) is 63.0 Å². The van der Waals surface area contributed by atoms with Crippen molar-refractivity contribution in [3.8, 4) is 0 Å². The molecule has 3 aromatic rings. The summed E-state index contributed by atoms with van der Waals surface area (Å²) in [6.45, 7) is 8.13. The largest absolute Gasteiger partial charge is 0.346 e. The summed E-state index contributed by atoms with van der Waals surface area (Å²) in [7, 11) is 1.94. The van der Waals surface area contributed by atoms with E-state index in [4.69, 9.17) is 0 Å². The minimum absolute atomic E-state index is 0.0581. The van der Waals surface area contributed by atoms with Crippen LogP contribution in [0.15, 0.2) is 48.5 Å². The molecule has 3 heterocycles. The van der Waals surface area contributed by atoms with Crippen molar-refractivity contribution in [1.29, 1.82) is 0 Å². The summed E-state index contributed by atoms with van der Waals surface area (Å²) in [5.41, 5.74) is 6.96. The van der Waals surface area contributed by atoms with Gasteiger partial charge in [-0.3, -0.25) is 19.2 Å². The van der Waals surface area contributed by atoms with Gasteiger partial charge in [-0.1, -0.05) is 42.0 Å². The van der Waals surface area contributed by atoms with E-state index >= 15 is 0 Å². The van der Waals surface area contributed by atoms with Gasteiger partial charge in [0.2, 0.25) is 0 Å². The molecule has 7 nitrogen and oxygen atoms in total. The second-order valence-corrected chi connectivity index (χ2v) is 10.2. The Hall–Kier alpha value is -3.45. The van der Waals surface area contributed by atoms with Crippen molar-refractivity contribution in [1.82, 2.24) is 24.9 Å². The Balaban J connectivity index is 1.22. The number of amides is 2. The molecule has 1 aromatic heterocycles. The smallest absolute Gasteiger partial charge is 0.274 e. The molecule has 0 spiro atoms. The van der Waals surface area contributed by atoms with E-state index in [-0.39, 0.29) is 17.9 Å². The first-order valence-electron chi connectivity index (χ1n) is 12.9.